The zero-order valence-electron chi connectivity index (χ0n) is 15.2. The van der Waals surface area contributed by atoms with Crippen molar-refractivity contribution in [2.45, 2.75) is 26.7 Å². The lowest BCUT2D eigenvalue weighted by molar-refractivity contribution is -0.116. The monoisotopic (exact) mass is 350 g/mol. The van der Waals surface area contributed by atoms with Gasteiger partial charge in [-0.05, 0) is 56.2 Å². The molecule has 1 N–H and O–H groups in total. The van der Waals surface area contributed by atoms with E-state index in [-0.39, 0.29) is 5.91 Å². The highest BCUT2D eigenvalue weighted by Gasteiger charge is 2.10. The summed E-state index contributed by atoms with van der Waals surface area (Å²) in [6.07, 6.45) is 1.05. The normalized spacial score (nSPS) is 10.6. The van der Waals surface area contributed by atoms with Crippen LogP contribution in [-0.2, 0) is 11.2 Å². The molecule has 1 heterocycles. The van der Waals surface area contributed by atoms with E-state index in [1.807, 2.05) is 62.4 Å². The minimum absolute atomic E-state index is 0.0373. The molecule has 134 valence electrons. The highest BCUT2D eigenvalue weighted by molar-refractivity contribution is 5.91. The van der Waals surface area contributed by atoms with E-state index in [0.717, 1.165) is 34.0 Å². The van der Waals surface area contributed by atoms with Crippen molar-refractivity contribution in [3.8, 4) is 17.2 Å². The number of nitrogens with one attached hydrogen (secondary N) is 1. The van der Waals surface area contributed by atoms with Crippen LogP contribution in [0.25, 0.3) is 11.5 Å². The number of hydrogen-bond donors (Lipinski definition) is 1. The van der Waals surface area contributed by atoms with Crippen LogP contribution in [0.5, 0.6) is 5.75 Å². The van der Waals surface area contributed by atoms with Gasteiger partial charge in [0, 0.05) is 17.7 Å². The molecule has 3 aromatic rings. The molecule has 2 aromatic carbocycles. The summed E-state index contributed by atoms with van der Waals surface area (Å²) in [6, 6.07) is 15.3. The first kappa shape index (κ1) is 17.7. The molecule has 0 saturated carbocycles. The largest absolute Gasteiger partial charge is 0.497 e. The number of oxazole rings is 1. The van der Waals surface area contributed by atoms with Crippen LogP contribution in [0.1, 0.15) is 23.4 Å². The van der Waals surface area contributed by atoms with Crippen LogP contribution in [0.4, 0.5) is 5.69 Å². The molecule has 3 rings (SSSR count). The number of nitrogens with zero attached hydrogens (tertiary/aromatic N) is 1. The van der Waals surface area contributed by atoms with Gasteiger partial charge in [-0.2, -0.15) is 0 Å². The van der Waals surface area contributed by atoms with Gasteiger partial charge in [0.1, 0.15) is 11.5 Å². The summed E-state index contributed by atoms with van der Waals surface area (Å²) in [5.41, 5.74) is 3.50. The molecule has 1 amide bonds. The third-order valence-corrected chi connectivity index (χ3v) is 4.20. The number of amides is 1. The predicted octanol–water partition coefficient (Wildman–Crippen LogP) is 4.54. The van der Waals surface area contributed by atoms with E-state index in [9.17, 15) is 4.79 Å². The van der Waals surface area contributed by atoms with Crippen molar-refractivity contribution in [3.63, 3.8) is 0 Å². The Morgan fingerprint density at radius 1 is 1.15 bits per heavy atom. The molecule has 0 bridgehead atoms. The minimum atomic E-state index is -0.0373. The number of anilines is 1. The van der Waals surface area contributed by atoms with Crippen molar-refractivity contribution in [3.05, 3.63) is 65.5 Å². The van der Waals surface area contributed by atoms with Gasteiger partial charge >= 0.3 is 0 Å². The SMILES string of the molecule is COc1cccc(CCC(=O)Nc2cccc(-c3nc(C)c(C)o3)c2)c1. The molecule has 0 aliphatic rings. The second-order valence-corrected chi connectivity index (χ2v) is 6.14. The topological polar surface area (TPSA) is 64.4 Å². The Kier molecular flexibility index (Phi) is 5.37. The fourth-order valence-electron chi connectivity index (χ4n) is 2.64. The highest BCUT2D eigenvalue weighted by atomic mass is 16.5. The van der Waals surface area contributed by atoms with Gasteiger partial charge in [-0.15, -0.1) is 0 Å². The molecular formula is C21H22N2O3. The van der Waals surface area contributed by atoms with Gasteiger partial charge in [-0.1, -0.05) is 18.2 Å². The van der Waals surface area contributed by atoms with Crippen molar-refractivity contribution < 1.29 is 13.9 Å². The lowest BCUT2D eigenvalue weighted by Gasteiger charge is -2.07. The van der Waals surface area contributed by atoms with Gasteiger partial charge in [0.15, 0.2) is 0 Å². The first-order chi connectivity index (χ1) is 12.5. The number of hydrogen-bond acceptors (Lipinski definition) is 4. The number of rotatable bonds is 6. The summed E-state index contributed by atoms with van der Waals surface area (Å²) in [6.45, 7) is 3.79. The van der Waals surface area contributed by atoms with Crippen LogP contribution >= 0.6 is 0 Å². The van der Waals surface area contributed by atoms with Gasteiger partial charge in [0.25, 0.3) is 0 Å². The second kappa shape index (κ2) is 7.87. The van der Waals surface area contributed by atoms with Crippen molar-refractivity contribution >= 4 is 11.6 Å². The molecule has 0 aliphatic carbocycles. The van der Waals surface area contributed by atoms with E-state index in [1.165, 1.54) is 0 Å². The van der Waals surface area contributed by atoms with E-state index < -0.39 is 0 Å². The van der Waals surface area contributed by atoms with Crippen LogP contribution < -0.4 is 10.1 Å². The van der Waals surface area contributed by atoms with Crippen LogP contribution in [0.2, 0.25) is 0 Å². The Hall–Kier alpha value is -3.08. The molecule has 0 spiro atoms. The van der Waals surface area contributed by atoms with Gasteiger partial charge in [-0.25, -0.2) is 4.98 Å². The molecule has 26 heavy (non-hydrogen) atoms. The summed E-state index contributed by atoms with van der Waals surface area (Å²) in [7, 11) is 1.63. The minimum Gasteiger partial charge on any atom is -0.497 e. The third kappa shape index (κ3) is 4.30. The molecule has 5 nitrogen and oxygen atoms in total. The van der Waals surface area contributed by atoms with Crippen LogP contribution in [0, 0.1) is 13.8 Å². The van der Waals surface area contributed by atoms with Crippen molar-refractivity contribution in [1.82, 2.24) is 4.98 Å². The Morgan fingerprint density at radius 2 is 1.96 bits per heavy atom. The zero-order chi connectivity index (χ0) is 18.5. The predicted molar refractivity (Wildman–Crippen MR) is 101 cm³/mol. The lowest BCUT2D eigenvalue weighted by atomic mass is 10.1. The fraction of sp³-hybridized carbons (Fsp3) is 0.238. The van der Waals surface area contributed by atoms with Crippen LogP contribution in [-0.4, -0.2) is 18.0 Å². The molecule has 5 heteroatoms. The molecule has 0 saturated heterocycles. The number of benzene rings is 2. The van der Waals surface area contributed by atoms with Crippen molar-refractivity contribution in [2.24, 2.45) is 0 Å². The first-order valence-corrected chi connectivity index (χ1v) is 8.52. The zero-order valence-corrected chi connectivity index (χ0v) is 15.2. The van der Waals surface area contributed by atoms with Crippen LogP contribution in [0.3, 0.4) is 0 Å². The molecule has 1 aromatic heterocycles. The van der Waals surface area contributed by atoms with Crippen molar-refractivity contribution in [1.29, 1.82) is 0 Å². The Labute approximate surface area is 153 Å². The number of carbonyl (C=O) groups excluding carboxylic acids is 1. The maximum Gasteiger partial charge on any atom is 0.226 e. The number of carbonyl (C=O) groups is 1. The number of aromatic nitrogens is 1. The number of aryl methyl sites for hydroxylation is 3. The fourth-order valence-corrected chi connectivity index (χ4v) is 2.64. The first-order valence-electron chi connectivity index (χ1n) is 8.52. The average molecular weight is 350 g/mol. The molecular weight excluding hydrogens is 328 g/mol. The van der Waals surface area contributed by atoms with Crippen molar-refractivity contribution in [2.75, 3.05) is 12.4 Å². The number of ether oxygens (including phenoxy) is 1. The Bertz CT molecular complexity index is 896. The van der Waals surface area contributed by atoms with Gasteiger partial charge in [0.05, 0.1) is 12.8 Å². The van der Waals surface area contributed by atoms with E-state index in [0.29, 0.717) is 18.7 Å². The lowest BCUT2D eigenvalue weighted by Crippen LogP contribution is -2.12. The summed E-state index contributed by atoms with van der Waals surface area (Å²) in [5.74, 6) is 2.12. The second-order valence-electron chi connectivity index (χ2n) is 6.14. The standard InChI is InChI=1S/C21H22N2O3/c1-14-15(2)26-21(22-14)17-7-5-8-18(13-17)23-20(24)11-10-16-6-4-9-19(12-16)25-3/h4-9,12-13H,10-11H2,1-3H3,(H,23,24). The van der Waals surface area contributed by atoms with Gasteiger partial charge in [0.2, 0.25) is 11.8 Å². The van der Waals surface area contributed by atoms with E-state index in [2.05, 4.69) is 10.3 Å². The smallest absolute Gasteiger partial charge is 0.226 e. The summed E-state index contributed by atoms with van der Waals surface area (Å²) < 4.78 is 10.9. The average Bonchev–Trinajstić information content (AvgIpc) is 2.99. The maximum atomic E-state index is 12.3. The Morgan fingerprint density at radius 3 is 2.69 bits per heavy atom. The molecule has 0 atom stereocenters. The van der Waals surface area contributed by atoms with Gasteiger partial charge in [-0.3, -0.25) is 4.79 Å². The maximum absolute atomic E-state index is 12.3. The molecule has 0 fully saturated rings. The Balaban J connectivity index is 1.63. The highest BCUT2D eigenvalue weighted by Crippen LogP contribution is 2.24. The summed E-state index contributed by atoms with van der Waals surface area (Å²) in [4.78, 5) is 16.7. The van der Waals surface area contributed by atoms with Crippen LogP contribution in [0.15, 0.2) is 52.9 Å². The molecule has 0 unspecified atom stereocenters. The summed E-state index contributed by atoms with van der Waals surface area (Å²) in [5, 5.41) is 2.93. The number of methoxy groups -OCH3 is 1. The van der Waals surface area contributed by atoms with E-state index in [4.69, 9.17) is 9.15 Å². The molecule has 0 radical (unpaired) electrons. The molecule has 0 aliphatic heterocycles. The third-order valence-electron chi connectivity index (χ3n) is 4.20. The van der Waals surface area contributed by atoms with E-state index >= 15 is 0 Å². The quantitative estimate of drug-likeness (QED) is 0.709. The van der Waals surface area contributed by atoms with Gasteiger partial charge < -0.3 is 14.5 Å². The van der Waals surface area contributed by atoms with E-state index in [1.54, 1.807) is 7.11 Å². The summed E-state index contributed by atoms with van der Waals surface area (Å²) >= 11 is 0.